The van der Waals surface area contributed by atoms with Crippen molar-refractivity contribution in [2.45, 2.75) is 63.4 Å². The van der Waals surface area contributed by atoms with Gasteiger partial charge in [0.1, 0.15) is 5.82 Å². The lowest BCUT2D eigenvalue weighted by Crippen LogP contribution is -2.28. The van der Waals surface area contributed by atoms with Crippen LogP contribution in [0.3, 0.4) is 0 Å². The zero-order chi connectivity index (χ0) is 21.5. The molecule has 0 aromatic carbocycles. The van der Waals surface area contributed by atoms with Crippen molar-refractivity contribution in [1.82, 2.24) is 25.1 Å². The van der Waals surface area contributed by atoms with Crippen molar-refractivity contribution < 1.29 is 14.3 Å². The fraction of sp³-hybridized carbons (Fsp3) is 0.650. The second-order valence-corrected chi connectivity index (χ2v) is 8.99. The van der Waals surface area contributed by atoms with E-state index in [0.29, 0.717) is 24.9 Å². The second-order valence-electron chi connectivity index (χ2n) is 7.45. The summed E-state index contributed by atoms with van der Waals surface area (Å²) in [6.45, 7) is 9.22. The summed E-state index contributed by atoms with van der Waals surface area (Å²) in [5, 5.41) is 9.40. The highest BCUT2D eigenvalue weighted by Gasteiger charge is 2.21. The number of esters is 1. The Morgan fingerprint density at radius 3 is 2.70 bits per heavy atom. The molecule has 9 nitrogen and oxygen atoms in total. The molecular formula is C20H30N6O3S. The molecule has 0 radical (unpaired) electrons. The van der Waals surface area contributed by atoms with Crippen LogP contribution in [0.5, 0.6) is 0 Å². The molecule has 10 heteroatoms. The molecule has 1 saturated heterocycles. The van der Waals surface area contributed by atoms with E-state index in [9.17, 15) is 9.59 Å². The number of aromatic nitrogens is 4. The smallest absolute Gasteiger partial charge is 0.306 e. The third kappa shape index (κ3) is 5.84. The number of thioether (sulfide) groups is 1. The summed E-state index contributed by atoms with van der Waals surface area (Å²) in [6.07, 6.45) is 4.37. The number of hydrogen-bond acceptors (Lipinski definition) is 8. The molecule has 1 amide bonds. The molecule has 1 aliphatic rings. The van der Waals surface area contributed by atoms with Gasteiger partial charge in [-0.3, -0.25) is 9.59 Å². The SMILES string of the molecule is CCOC(=O)CCC(=O)NCCn1ncc2c(N3CCCC3)nc(SC(C)C)nc21. The predicted molar refractivity (Wildman–Crippen MR) is 117 cm³/mol. The Morgan fingerprint density at radius 1 is 1.23 bits per heavy atom. The molecule has 0 aliphatic carbocycles. The summed E-state index contributed by atoms with van der Waals surface area (Å²) in [6, 6.07) is 0. The lowest BCUT2D eigenvalue weighted by atomic mass is 10.3. The number of amides is 1. The van der Waals surface area contributed by atoms with Crippen LogP contribution in [-0.2, 0) is 20.9 Å². The summed E-state index contributed by atoms with van der Waals surface area (Å²) in [7, 11) is 0. The number of hydrogen-bond donors (Lipinski definition) is 1. The molecule has 1 N–H and O–H groups in total. The van der Waals surface area contributed by atoms with Gasteiger partial charge in [0.25, 0.3) is 0 Å². The summed E-state index contributed by atoms with van der Waals surface area (Å²) in [5.41, 5.74) is 0.788. The first-order chi connectivity index (χ1) is 14.5. The van der Waals surface area contributed by atoms with Crippen molar-refractivity contribution in [3.63, 3.8) is 0 Å². The Morgan fingerprint density at radius 2 is 2.00 bits per heavy atom. The van der Waals surface area contributed by atoms with Crippen molar-refractivity contribution in [3.8, 4) is 0 Å². The van der Waals surface area contributed by atoms with Gasteiger partial charge in [0.05, 0.1) is 31.2 Å². The summed E-state index contributed by atoms with van der Waals surface area (Å²) >= 11 is 1.64. The molecule has 2 aromatic heterocycles. The monoisotopic (exact) mass is 434 g/mol. The van der Waals surface area contributed by atoms with Gasteiger partial charge in [-0.15, -0.1) is 0 Å². The number of fused-ring (bicyclic) bond motifs is 1. The molecule has 3 heterocycles. The maximum absolute atomic E-state index is 12.0. The second kappa shape index (κ2) is 10.6. The van der Waals surface area contributed by atoms with Crippen LogP contribution < -0.4 is 10.2 Å². The average Bonchev–Trinajstić information content (AvgIpc) is 3.36. The van der Waals surface area contributed by atoms with Gasteiger partial charge in [-0.1, -0.05) is 25.6 Å². The maximum Gasteiger partial charge on any atom is 0.306 e. The van der Waals surface area contributed by atoms with Crippen molar-refractivity contribution >= 4 is 40.5 Å². The Kier molecular flexibility index (Phi) is 7.89. The van der Waals surface area contributed by atoms with E-state index in [4.69, 9.17) is 14.7 Å². The summed E-state index contributed by atoms with van der Waals surface area (Å²) < 4.78 is 6.65. The fourth-order valence-corrected chi connectivity index (χ4v) is 4.06. The van der Waals surface area contributed by atoms with Crippen LogP contribution in [0, 0.1) is 0 Å². The number of nitrogens with zero attached hydrogens (tertiary/aromatic N) is 5. The third-order valence-electron chi connectivity index (χ3n) is 4.71. The van der Waals surface area contributed by atoms with E-state index in [1.807, 2.05) is 10.9 Å². The standard InChI is InChI=1S/C20H30N6O3S/c1-4-29-17(28)8-7-16(27)21-9-12-26-19-15(13-22-26)18(25-10-5-6-11-25)23-20(24-19)30-14(2)3/h13-14H,4-12H2,1-3H3,(H,21,27). The lowest BCUT2D eigenvalue weighted by molar-refractivity contribution is -0.144. The molecule has 0 bridgehead atoms. The average molecular weight is 435 g/mol. The van der Waals surface area contributed by atoms with E-state index in [0.717, 1.165) is 35.1 Å². The van der Waals surface area contributed by atoms with E-state index in [1.165, 1.54) is 12.8 Å². The summed E-state index contributed by atoms with van der Waals surface area (Å²) in [5.74, 6) is 0.417. The zero-order valence-electron chi connectivity index (χ0n) is 17.9. The minimum Gasteiger partial charge on any atom is -0.466 e. The molecule has 1 aliphatic heterocycles. The number of nitrogens with one attached hydrogen (secondary N) is 1. The molecule has 0 unspecified atom stereocenters. The maximum atomic E-state index is 12.0. The molecule has 0 saturated carbocycles. The summed E-state index contributed by atoms with van der Waals surface area (Å²) in [4.78, 5) is 35.2. The van der Waals surface area contributed by atoms with E-state index < -0.39 is 0 Å². The Balaban J connectivity index is 1.67. The minimum absolute atomic E-state index is 0.0899. The van der Waals surface area contributed by atoms with Gasteiger partial charge in [-0.25, -0.2) is 14.6 Å². The van der Waals surface area contributed by atoms with Gasteiger partial charge in [0.2, 0.25) is 5.91 Å². The van der Waals surface area contributed by atoms with E-state index >= 15 is 0 Å². The van der Waals surface area contributed by atoms with Gasteiger partial charge in [-0.2, -0.15) is 5.10 Å². The lowest BCUT2D eigenvalue weighted by Gasteiger charge is -2.18. The molecule has 0 spiro atoms. The quantitative estimate of drug-likeness (QED) is 0.345. The van der Waals surface area contributed by atoms with Gasteiger partial charge >= 0.3 is 5.97 Å². The largest absolute Gasteiger partial charge is 0.466 e. The van der Waals surface area contributed by atoms with Crippen LogP contribution in [0.25, 0.3) is 11.0 Å². The number of ether oxygens (including phenoxy) is 1. The highest BCUT2D eigenvalue weighted by atomic mass is 32.2. The van der Waals surface area contributed by atoms with Crippen molar-refractivity contribution in [1.29, 1.82) is 0 Å². The number of carbonyl (C=O) groups excluding carboxylic acids is 2. The third-order valence-corrected chi connectivity index (χ3v) is 5.57. The first-order valence-corrected chi connectivity index (χ1v) is 11.4. The first-order valence-electron chi connectivity index (χ1n) is 10.6. The van der Waals surface area contributed by atoms with Gasteiger partial charge < -0.3 is 15.0 Å². The molecule has 164 valence electrons. The van der Waals surface area contributed by atoms with Crippen molar-refractivity contribution in [2.75, 3.05) is 31.1 Å². The van der Waals surface area contributed by atoms with Crippen LogP contribution in [-0.4, -0.2) is 63.1 Å². The Bertz CT molecular complexity index is 879. The minimum atomic E-state index is -0.355. The van der Waals surface area contributed by atoms with E-state index in [1.54, 1.807) is 18.7 Å². The topological polar surface area (TPSA) is 102 Å². The van der Waals surface area contributed by atoms with Crippen LogP contribution in [0.15, 0.2) is 11.4 Å². The fourth-order valence-electron chi connectivity index (χ4n) is 3.36. The Labute approximate surface area is 180 Å². The molecule has 2 aromatic rings. The highest BCUT2D eigenvalue weighted by molar-refractivity contribution is 7.99. The molecule has 3 rings (SSSR count). The zero-order valence-corrected chi connectivity index (χ0v) is 18.7. The number of anilines is 1. The van der Waals surface area contributed by atoms with E-state index in [-0.39, 0.29) is 24.7 Å². The molecule has 0 atom stereocenters. The molecular weight excluding hydrogens is 404 g/mol. The predicted octanol–water partition coefficient (Wildman–Crippen LogP) is 2.39. The molecule has 30 heavy (non-hydrogen) atoms. The molecule has 1 fully saturated rings. The van der Waals surface area contributed by atoms with Gasteiger partial charge in [0, 0.05) is 31.3 Å². The van der Waals surface area contributed by atoms with Gasteiger partial charge in [-0.05, 0) is 19.8 Å². The van der Waals surface area contributed by atoms with E-state index in [2.05, 4.69) is 29.2 Å². The normalized spacial score (nSPS) is 13.9. The van der Waals surface area contributed by atoms with Crippen molar-refractivity contribution in [2.24, 2.45) is 0 Å². The van der Waals surface area contributed by atoms with Crippen LogP contribution >= 0.6 is 11.8 Å². The van der Waals surface area contributed by atoms with Crippen LogP contribution in [0.2, 0.25) is 0 Å². The Hall–Kier alpha value is -2.36. The van der Waals surface area contributed by atoms with Crippen LogP contribution in [0.4, 0.5) is 5.82 Å². The van der Waals surface area contributed by atoms with Crippen LogP contribution in [0.1, 0.15) is 46.5 Å². The van der Waals surface area contributed by atoms with Crippen molar-refractivity contribution in [3.05, 3.63) is 6.20 Å². The van der Waals surface area contributed by atoms with Gasteiger partial charge in [0.15, 0.2) is 10.8 Å². The number of rotatable bonds is 10. The first kappa shape index (κ1) is 22.3. The number of carbonyl (C=O) groups is 2. The highest BCUT2D eigenvalue weighted by Crippen LogP contribution is 2.30.